The van der Waals surface area contributed by atoms with Crippen molar-refractivity contribution >= 4 is 5.96 Å². The molecule has 1 saturated heterocycles. The summed E-state index contributed by atoms with van der Waals surface area (Å²) < 4.78 is 1.76. The fourth-order valence-electron chi connectivity index (χ4n) is 3.93. The predicted octanol–water partition coefficient (Wildman–Crippen LogP) is 3.24. The van der Waals surface area contributed by atoms with Crippen LogP contribution in [0.15, 0.2) is 41.9 Å². The Morgan fingerprint density at radius 1 is 1.31 bits per heavy atom. The Morgan fingerprint density at radius 3 is 2.77 bits per heavy atom. The van der Waals surface area contributed by atoms with Crippen LogP contribution in [0, 0.1) is 5.41 Å². The van der Waals surface area contributed by atoms with Gasteiger partial charge in [-0.3, -0.25) is 4.99 Å². The summed E-state index contributed by atoms with van der Waals surface area (Å²) in [5, 5.41) is 7.69. The average molecular weight is 355 g/mol. The summed E-state index contributed by atoms with van der Waals surface area (Å²) in [6, 6.07) is 8.37. The monoisotopic (exact) mass is 354 g/mol. The molecule has 0 bridgehead atoms. The Morgan fingerprint density at radius 2 is 2.12 bits per heavy atom. The van der Waals surface area contributed by atoms with Crippen LogP contribution < -0.4 is 5.32 Å². The highest BCUT2D eigenvalue weighted by atomic mass is 15.3. The number of guanidine groups is 1. The molecule has 140 valence electrons. The molecule has 0 spiro atoms. The lowest BCUT2D eigenvalue weighted by atomic mass is 9.78. The van der Waals surface area contributed by atoms with E-state index in [0.29, 0.717) is 5.41 Å². The first-order valence-electron chi connectivity index (χ1n) is 9.53. The largest absolute Gasteiger partial charge is 0.352 e. The fraction of sp³-hybridized carbons (Fsp3) is 0.550. The lowest BCUT2D eigenvalue weighted by Gasteiger charge is -2.42. The number of likely N-dealkylation sites (tertiary alicyclic amines) is 1. The van der Waals surface area contributed by atoms with Gasteiger partial charge in [-0.25, -0.2) is 9.67 Å². The van der Waals surface area contributed by atoms with E-state index in [4.69, 9.17) is 0 Å². The third kappa shape index (κ3) is 4.42. The number of nitrogens with one attached hydrogen (secondary N) is 1. The lowest BCUT2D eigenvalue weighted by Crippen LogP contribution is -2.49. The summed E-state index contributed by atoms with van der Waals surface area (Å²) in [5.74, 6) is 1.01. The van der Waals surface area contributed by atoms with Gasteiger partial charge in [0, 0.05) is 26.7 Å². The maximum atomic E-state index is 4.52. The van der Waals surface area contributed by atoms with Crippen molar-refractivity contribution in [2.45, 2.75) is 46.1 Å². The molecule has 0 amide bonds. The van der Waals surface area contributed by atoms with Gasteiger partial charge in [-0.2, -0.15) is 5.10 Å². The van der Waals surface area contributed by atoms with Crippen LogP contribution in [0.25, 0.3) is 5.69 Å². The first-order valence-corrected chi connectivity index (χ1v) is 9.53. The molecule has 0 radical (unpaired) electrons. The molecule has 1 N–H and O–H groups in total. The zero-order chi connectivity index (χ0) is 18.4. The first-order chi connectivity index (χ1) is 12.6. The zero-order valence-electron chi connectivity index (χ0n) is 16.1. The van der Waals surface area contributed by atoms with Gasteiger partial charge < -0.3 is 10.2 Å². The van der Waals surface area contributed by atoms with Gasteiger partial charge in [0.25, 0.3) is 0 Å². The number of piperidine rings is 1. The molecular formula is C20H30N6. The Balaban J connectivity index is 1.59. The zero-order valence-corrected chi connectivity index (χ0v) is 16.1. The molecule has 2 heterocycles. The molecule has 1 aliphatic rings. The summed E-state index contributed by atoms with van der Waals surface area (Å²) in [5.41, 5.74) is 2.65. The van der Waals surface area contributed by atoms with E-state index in [2.05, 4.69) is 63.4 Å². The second-order valence-corrected chi connectivity index (χ2v) is 7.49. The molecule has 26 heavy (non-hydrogen) atoms. The van der Waals surface area contributed by atoms with Crippen molar-refractivity contribution in [1.82, 2.24) is 25.0 Å². The van der Waals surface area contributed by atoms with Gasteiger partial charge in [0.1, 0.15) is 12.7 Å². The van der Waals surface area contributed by atoms with Crippen molar-refractivity contribution in [2.75, 3.05) is 20.1 Å². The Bertz CT molecular complexity index is 702. The van der Waals surface area contributed by atoms with E-state index in [0.717, 1.165) is 31.3 Å². The third-order valence-corrected chi connectivity index (χ3v) is 5.22. The van der Waals surface area contributed by atoms with E-state index < -0.39 is 0 Å². The minimum absolute atomic E-state index is 0.407. The number of rotatable bonds is 5. The van der Waals surface area contributed by atoms with Crippen LogP contribution in [0.1, 0.15) is 45.1 Å². The molecular weight excluding hydrogens is 324 g/mol. The number of nitrogens with zero attached hydrogens (tertiary/aromatic N) is 5. The molecule has 1 atom stereocenters. The van der Waals surface area contributed by atoms with Crippen LogP contribution >= 0.6 is 0 Å². The van der Waals surface area contributed by atoms with Crippen LogP contribution in [0.3, 0.4) is 0 Å². The molecule has 2 aromatic rings. The normalized spacial score (nSPS) is 21.0. The number of aliphatic imine (C=N–C) groups is 1. The smallest absolute Gasteiger partial charge is 0.193 e. The number of hydrogen-bond acceptors (Lipinski definition) is 3. The topological polar surface area (TPSA) is 58.3 Å². The van der Waals surface area contributed by atoms with Gasteiger partial charge in [0.15, 0.2) is 5.96 Å². The van der Waals surface area contributed by atoms with Crippen molar-refractivity contribution in [3.05, 3.63) is 42.5 Å². The number of hydrogen-bond donors (Lipinski definition) is 1. The minimum Gasteiger partial charge on any atom is -0.352 e. The Labute approximate surface area is 156 Å². The van der Waals surface area contributed by atoms with Crippen LogP contribution in [0.4, 0.5) is 0 Å². The van der Waals surface area contributed by atoms with Gasteiger partial charge in [-0.05, 0) is 42.4 Å². The highest BCUT2D eigenvalue weighted by Crippen LogP contribution is 2.33. The SMILES string of the molecule is CCCC1(C)CCCN(C(=NC)NCc2ccc(-n3cncn3)cc2)C1. The third-order valence-electron chi connectivity index (χ3n) is 5.22. The van der Waals surface area contributed by atoms with E-state index in [1.807, 2.05) is 7.05 Å². The average Bonchev–Trinajstić information content (AvgIpc) is 3.17. The second-order valence-electron chi connectivity index (χ2n) is 7.49. The van der Waals surface area contributed by atoms with E-state index in [-0.39, 0.29) is 0 Å². The van der Waals surface area contributed by atoms with E-state index in [1.54, 1.807) is 17.3 Å². The van der Waals surface area contributed by atoms with Crippen LogP contribution in [-0.2, 0) is 6.54 Å². The highest BCUT2D eigenvalue weighted by Gasteiger charge is 2.31. The number of aromatic nitrogens is 3. The molecule has 1 fully saturated rings. The molecule has 6 heteroatoms. The maximum absolute atomic E-state index is 4.52. The standard InChI is InChI=1S/C20H30N6/c1-4-10-20(2)11-5-12-25(14-20)19(21-3)23-13-17-6-8-18(9-7-17)26-16-22-15-24-26/h6-9,15-16H,4-5,10-14H2,1-3H3,(H,21,23). The highest BCUT2D eigenvalue weighted by molar-refractivity contribution is 5.80. The minimum atomic E-state index is 0.407. The molecule has 1 unspecified atom stereocenters. The van der Waals surface area contributed by atoms with E-state index >= 15 is 0 Å². The van der Waals surface area contributed by atoms with E-state index in [1.165, 1.54) is 31.2 Å². The van der Waals surface area contributed by atoms with Crippen molar-refractivity contribution in [3.8, 4) is 5.69 Å². The van der Waals surface area contributed by atoms with Gasteiger partial charge >= 0.3 is 0 Å². The number of benzene rings is 1. The summed E-state index contributed by atoms with van der Waals surface area (Å²) >= 11 is 0. The maximum Gasteiger partial charge on any atom is 0.193 e. The lowest BCUT2D eigenvalue weighted by molar-refractivity contribution is 0.142. The molecule has 6 nitrogen and oxygen atoms in total. The Kier molecular flexibility index (Phi) is 5.91. The van der Waals surface area contributed by atoms with E-state index in [9.17, 15) is 0 Å². The van der Waals surface area contributed by atoms with Crippen molar-refractivity contribution in [2.24, 2.45) is 10.4 Å². The summed E-state index contributed by atoms with van der Waals surface area (Å²) in [6.45, 7) is 7.64. The Hall–Kier alpha value is -2.37. The molecule has 0 saturated carbocycles. The van der Waals surface area contributed by atoms with Gasteiger partial charge in [-0.15, -0.1) is 0 Å². The summed E-state index contributed by atoms with van der Waals surface area (Å²) in [4.78, 5) is 10.9. The van der Waals surface area contributed by atoms with Crippen LogP contribution in [0.2, 0.25) is 0 Å². The molecule has 1 aromatic heterocycles. The molecule has 1 aliphatic heterocycles. The molecule has 1 aromatic carbocycles. The van der Waals surface area contributed by atoms with Gasteiger partial charge in [0.05, 0.1) is 5.69 Å². The molecule has 0 aliphatic carbocycles. The van der Waals surface area contributed by atoms with Gasteiger partial charge in [-0.1, -0.05) is 32.4 Å². The van der Waals surface area contributed by atoms with Crippen molar-refractivity contribution in [3.63, 3.8) is 0 Å². The van der Waals surface area contributed by atoms with Crippen molar-refractivity contribution in [1.29, 1.82) is 0 Å². The summed E-state index contributed by atoms with van der Waals surface area (Å²) in [6.07, 6.45) is 8.34. The summed E-state index contributed by atoms with van der Waals surface area (Å²) in [7, 11) is 1.88. The molecule has 3 rings (SSSR count). The van der Waals surface area contributed by atoms with Crippen molar-refractivity contribution < 1.29 is 0 Å². The second kappa shape index (κ2) is 8.34. The van der Waals surface area contributed by atoms with Crippen LogP contribution in [0.5, 0.6) is 0 Å². The fourth-order valence-corrected chi connectivity index (χ4v) is 3.93. The van der Waals surface area contributed by atoms with Crippen LogP contribution in [-0.4, -0.2) is 45.8 Å². The first kappa shape index (κ1) is 18.4. The quantitative estimate of drug-likeness (QED) is 0.661. The predicted molar refractivity (Wildman–Crippen MR) is 105 cm³/mol. The van der Waals surface area contributed by atoms with Gasteiger partial charge in [0.2, 0.25) is 0 Å².